The van der Waals surface area contributed by atoms with Crippen molar-refractivity contribution in [1.82, 2.24) is 9.88 Å². The molecule has 0 radical (unpaired) electrons. The summed E-state index contributed by atoms with van der Waals surface area (Å²) >= 11 is 0. The molecule has 0 aliphatic carbocycles. The minimum atomic E-state index is 0.103. The molecule has 3 heterocycles. The number of carbonyl (C=O) groups excluding carboxylic acids is 1. The van der Waals surface area contributed by atoms with Crippen molar-refractivity contribution in [2.45, 2.75) is 25.7 Å². The van der Waals surface area contributed by atoms with Gasteiger partial charge in [-0.2, -0.15) is 4.98 Å². The van der Waals surface area contributed by atoms with Crippen LogP contribution in [0.2, 0.25) is 0 Å². The Morgan fingerprint density at radius 3 is 2.52 bits per heavy atom. The average Bonchev–Trinajstić information content (AvgIpc) is 3.12. The molecular formula is C19H25N3O3. The van der Waals surface area contributed by atoms with Gasteiger partial charge in [-0.15, -0.1) is 0 Å². The lowest BCUT2D eigenvalue weighted by atomic mass is 9.92. The van der Waals surface area contributed by atoms with E-state index in [2.05, 4.69) is 9.88 Å². The van der Waals surface area contributed by atoms with Crippen LogP contribution in [0.25, 0.3) is 11.1 Å². The molecule has 2 aliphatic heterocycles. The number of benzene rings is 1. The summed E-state index contributed by atoms with van der Waals surface area (Å²) in [4.78, 5) is 21.4. The molecule has 0 bridgehead atoms. The second kappa shape index (κ2) is 7.04. The molecule has 25 heavy (non-hydrogen) atoms. The number of aromatic nitrogens is 1. The van der Waals surface area contributed by atoms with Gasteiger partial charge in [-0.1, -0.05) is 12.1 Å². The first-order chi connectivity index (χ1) is 12.2. The minimum Gasteiger partial charge on any atom is -0.423 e. The summed E-state index contributed by atoms with van der Waals surface area (Å²) < 4.78 is 5.84. The van der Waals surface area contributed by atoms with E-state index in [1.54, 1.807) is 0 Å². The Balaban J connectivity index is 1.34. The van der Waals surface area contributed by atoms with Crippen molar-refractivity contribution in [2.75, 3.05) is 37.7 Å². The number of hydrogen-bond acceptors (Lipinski definition) is 5. The lowest BCUT2D eigenvalue weighted by molar-refractivity contribution is -0.137. The molecule has 0 spiro atoms. The van der Waals surface area contributed by atoms with Crippen LogP contribution in [0.5, 0.6) is 0 Å². The summed E-state index contributed by atoms with van der Waals surface area (Å²) in [5, 5.41) is 9.23. The summed E-state index contributed by atoms with van der Waals surface area (Å²) in [5.74, 6) is 0.755. The quantitative estimate of drug-likeness (QED) is 0.926. The number of aliphatic hydroxyl groups is 1. The number of likely N-dealkylation sites (tertiary alicyclic amines) is 1. The minimum absolute atomic E-state index is 0.103. The van der Waals surface area contributed by atoms with E-state index < -0.39 is 0 Å². The average molecular weight is 343 g/mol. The number of carbonyl (C=O) groups is 1. The van der Waals surface area contributed by atoms with Crippen LogP contribution < -0.4 is 4.90 Å². The standard InChI is InChI=1S/C19H25N3O3/c23-13-14-5-9-21(10-6-14)18(24)15-7-11-22(12-8-15)19-20-16-3-1-2-4-17(16)25-19/h1-4,14-15,23H,5-13H2. The normalized spacial score (nSPS) is 20.4. The predicted octanol–water partition coefficient (Wildman–Crippen LogP) is 2.28. The van der Waals surface area contributed by atoms with Crippen molar-refractivity contribution in [3.8, 4) is 0 Å². The predicted molar refractivity (Wildman–Crippen MR) is 95.3 cm³/mol. The largest absolute Gasteiger partial charge is 0.423 e. The SMILES string of the molecule is O=C(C1CCN(c2nc3ccccc3o2)CC1)N1CCC(CO)CC1. The molecule has 0 unspecified atom stereocenters. The van der Waals surface area contributed by atoms with Gasteiger partial charge in [-0.05, 0) is 43.7 Å². The highest BCUT2D eigenvalue weighted by molar-refractivity contribution is 5.79. The molecule has 2 saturated heterocycles. The fourth-order valence-corrected chi connectivity index (χ4v) is 3.91. The number of piperidine rings is 2. The fraction of sp³-hybridized carbons (Fsp3) is 0.579. The highest BCUT2D eigenvalue weighted by Crippen LogP contribution is 2.28. The van der Waals surface area contributed by atoms with E-state index in [1.165, 1.54) is 0 Å². The van der Waals surface area contributed by atoms with E-state index in [0.717, 1.165) is 63.0 Å². The monoisotopic (exact) mass is 343 g/mol. The van der Waals surface area contributed by atoms with Crippen molar-refractivity contribution >= 4 is 23.0 Å². The van der Waals surface area contributed by atoms with Crippen LogP contribution in [-0.2, 0) is 4.79 Å². The van der Waals surface area contributed by atoms with E-state index in [9.17, 15) is 9.90 Å². The van der Waals surface area contributed by atoms with Crippen LogP contribution in [0.3, 0.4) is 0 Å². The molecule has 1 aromatic heterocycles. The number of fused-ring (bicyclic) bond motifs is 1. The van der Waals surface area contributed by atoms with Crippen molar-refractivity contribution in [3.63, 3.8) is 0 Å². The van der Waals surface area contributed by atoms with Crippen molar-refractivity contribution < 1.29 is 14.3 Å². The fourth-order valence-electron chi connectivity index (χ4n) is 3.91. The zero-order valence-corrected chi connectivity index (χ0v) is 14.4. The van der Waals surface area contributed by atoms with Gasteiger partial charge in [0.05, 0.1) is 0 Å². The molecule has 6 heteroatoms. The third-order valence-corrected chi connectivity index (χ3v) is 5.58. The molecule has 1 aromatic carbocycles. The first-order valence-electron chi connectivity index (χ1n) is 9.25. The Labute approximate surface area is 147 Å². The Morgan fingerprint density at radius 1 is 1.12 bits per heavy atom. The maximum absolute atomic E-state index is 12.7. The number of oxazole rings is 1. The van der Waals surface area contributed by atoms with E-state index in [1.807, 2.05) is 29.2 Å². The third-order valence-electron chi connectivity index (χ3n) is 5.58. The van der Waals surface area contributed by atoms with E-state index >= 15 is 0 Å². The number of anilines is 1. The molecule has 1 N–H and O–H groups in total. The maximum atomic E-state index is 12.7. The molecule has 1 amide bonds. The first kappa shape index (κ1) is 16.4. The molecule has 0 saturated carbocycles. The van der Waals surface area contributed by atoms with Crippen LogP contribution in [-0.4, -0.2) is 53.7 Å². The van der Waals surface area contributed by atoms with Gasteiger partial charge in [0.15, 0.2) is 5.58 Å². The van der Waals surface area contributed by atoms with Gasteiger partial charge in [0, 0.05) is 38.7 Å². The van der Waals surface area contributed by atoms with E-state index in [0.29, 0.717) is 11.9 Å². The number of aliphatic hydroxyl groups excluding tert-OH is 1. The van der Waals surface area contributed by atoms with Crippen molar-refractivity contribution in [2.24, 2.45) is 11.8 Å². The molecule has 4 rings (SSSR count). The summed E-state index contributed by atoms with van der Waals surface area (Å²) in [6.45, 7) is 3.42. The molecule has 134 valence electrons. The van der Waals surface area contributed by atoms with Crippen LogP contribution >= 0.6 is 0 Å². The first-order valence-corrected chi connectivity index (χ1v) is 9.25. The van der Waals surface area contributed by atoms with Gasteiger partial charge >= 0.3 is 0 Å². The second-order valence-electron chi connectivity index (χ2n) is 7.18. The van der Waals surface area contributed by atoms with E-state index in [-0.39, 0.29) is 18.4 Å². The highest BCUT2D eigenvalue weighted by atomic mass is 16.4. The summed E-state index contributed by atoms with van der Waals surface area (Å²) in [5.41, 5.74) is 1.69. The topological polar surface area (TPSA) is 69.8 Å². The molecule has 2 fully saturated rings. The van der Waals surface area contributed by atoms with Crippen LogP contribution in [0.4, 0.5) is 6.01 Å². The Hall–Kier alpha value is -2.08. The summed E-state index contributed by atoms with van der Waals surface area (Å²) in [7, 11) is 0. The Kier molecular flexibility index (Phi) is 4.61. The van der Waals surface area contributed by atoms with Gasteiger partial charge < -0.3 is 19.3 Å². The molecule has 2 aliphatic rings. The molecular weight excluding hydrogens is 318 g/mol. The summed E-state index contributed by atoms with van der Waals surface area (Å²) in [6, 6.07) is 8.45. The Morgan fingerprint density at radius 2 is 1.84 bits per heavy atom. The van der Waals surface area contributed by atoms with Gasteiger partial charge in [0.2, 0.25) is 5.91 Å². The van der Waals surface area contributed by atoms with Crippen molar-refractivity contribution in [3.05, 3.63) is 24.3 Å². The molecule has 0 atom stereocenters. The van der Waals surface area contributed by atoms with Gasteiger partial charge in [-0.25, -0.2) is 0 Å². The highest BCUT2D eigenvalue weighted by Gasteiger charge is 2.31. The smallest absolute Gasteiger partial charge is 0.298 e. The number of para-hydroxylation sites is 2. The molecule has 2 aromatic rings. The van der Waals surface area contributed by atoms with Gasteiger partial charge in [0.1, 0.15) is 5.52 Å². The van der Waals surface area contributed by atoms with Crippen molar-refractivity contribution in [1.29, 1.82) is 0 Å². The lowest BCUT2D eigenvalue weighted by Gasteiger charge is -2.36. The third kappa shape index (κ3) is 3.35. The molecule has 6 nitrogen and oxygen atoms in total. The number of nitrogens with zero attached hydrogens (tertiary/aromatic N) is 3. The number of amides is 1. The lowest BCUT2D eigenvalue weighted by Crippen LogP contribution is -2.45. The summed E-state index contributed by atoms with van der Waals surface area (Å²) in [6.07, 6.45) is 3.53. The second-order valence-corrected chi connectivity index (χ2v) is 7.18. The number of rotatable bonds is 3. The zero-order valence-electron chi connectivity index (χ0n) is 14.4. The maximum Gasteiger partial charge on any atom is 0.298 e. The van der Waals surface area contributed by atoms with Crippen LogP contribution in [0.1, 0.15) is 25.7 Å². The number of hydrogen-bond donors (Lipinski definition) is 1. The van der Waals surface area contributed by atoms with Gasteiger partial charge in [-0.3, -0.25) is 4.79 Å². The Bertz CT molecular complexity index is 695. The van der Waals surface area contributed by atoms with Crippen LogP contribution in [0, 0.1) is 11.8 Å². The van der Waals surface area contributed by atoms with E-state index in [4.69, 9.17) is 4.42 Å². The van der Waals surface area contributed by atoms with Crippen LogP contribution in [0.15, 0.2) is 28.7 Å². The van der Waals surface area contributed by atoms with Gasteiger partial charge in [0.25, 0.3) is 6.01 Å². The zero-order chi connectivity index (χ0) is 17.2.